The van der Waals surface area contributed by atoms with Crippen molar-refractivity contribution < 1.29 is 0 Å². The number of allylic oxidation sites excluding steroid dienone is 1. The van der Waals surface area contributed by atoms with Crippen LogP contribution in [-0.4, -0.2) is 27.5 Å². The smallest absolute Gasteiger partial charge is 0.122 e. The fourth-order valence-electron chi connectivity index (χ4n) is 2.33. The van der Waals surface area contributed by atoms with Gasteiger partial charge in [-0.1, -0.05) is 12.2 Å². The van der Waals surface area contributed by atoms with Gasteiger partial charge in [-0.2, -0.15) is 0 Å². The van der Waals surface area contributed by atoms with E-state index in [1.807, 2.05) is 12.4 Å². The average Bonchev–Trinajstić information content (AvgIpc) is 2.65. The molecule has 3 nitrogen and oxygen atoms in total. The number of hydrogen-bond donors (Lipinski definition) is 0. The Bertz CT molecular complexity index is 359. The Balaban J connectivity index is 1.86. The molecule has 0 saturated carbocycles. The van der Waals surface area contributed by atoms with Crippen molar-refractivity contribution in [2.75, 3.05) is 13.1 Å². The van der Waals surface area contributed by atoms with Gasteiger partial charge >= 0.3 is 0 Å². The van der Waals surface area contributed by atoms with Gasteiger partial charge in [-0.05, 0) is 38.8 Å². The lowest BCUT2D eigenvalue weighted by Crippen LogP contribution is -2.34. The van der Waals surface area contributed by atoms with Gasteiger partial charge in [-0.25, -0.2) is 4.98 Å². The van der Waals surface area contributed by atoms with Gasteiger partial charge in [0.25, 0.3) is 0 Å². The van der Waals surface area contributed by atoms with Crippen molar-refractivity contribution in [1.82, 2.24) is 14.5 Å². The minimum Gasteiger partial charge on any atom is -0.337 e. The molecule has 0 aliphatic carbocycles. The van der Waals surface area contributed by atoms with Crippen molar-refractivity contribution in [3.63, 3.8) is 0 Å². The Morgan fingerprint density at radius 2 is 2.19 bits per heavy atom. The van der Waals surface area contributed by atoms with Gasteiger partial charge in [0, 0.05) is 19.4 Å². The van der Waals surface area contributed by atoms with Gasteiger partial charge < -0.3 is 4.57 Å². The average molecular weight is 219 g/mol. The summed E-state index contributed by atoms with van der Waals surface area (Å²) in [7, 11) is 2.06. The van der Waals surface area contributed by atoms with Crippen LogP contribution < -0.4 is 0 Å². The van der Waals surface area contributed by atoms with Crippen molar-refractivity contribution in [2.24, 2.45) is 13.0 Å². The fourth-order valence-corrected chi connectivity index (χ4v) is 2.33. The number of aryl methyl sites for hydroxylation is 1. The van der Waals surface area contributed by atoms with Crippen molar-refractivity contribution in [2.45, 2.75) is 26.3 Å². The highest BCUT2D eigenvalue weighted by molar-refractivity contribution is 4.99. The molecular weight excluding hydrogens is 198 g/mol. The topological polar surface area (TPSA) is 21.1 Å². The minimum absolute atomic E-state index is 0.734. The Hall–Kier alpha value is -1.09. The Labute approximate surface area is 97.8 Å². The van der Waals surface area contributed by atoms with Crippen LogP contribution in [0, 0.1) is 5.92 Å². The molecule has 1 fully saturated rings. The van der Waals surface area contributed by atoms with Crippen LogP contribution in [0.3, 0.4) is 0 Å². The Morgan fingerprint density at radius 1 is 1.50 bits per heavy atom. The van der Waals surface area contributed by atoms with Gasteiger partial charge in [-0.15, -0.1) is 0 Å². The highest BCUT2D eigenvalue weighted by Gasteiger charge is 2.20. The molecule has 2 rings (SSSR count). The maximum atomic E-state index is 4.37. The lowest BCUT2D eigenvalue weighted by atomic mass is 9.91. The fraction of sp³-hybridized carbons (Fsp3) is 0.615. The Kier molecular flexibility index (Phi) is 3.44. The number of likely N-dealkylation sites (tertiary alicyclic amines) is 1. The lowest BCUT2D eigenvalue weighted by molar-refractivity contribution is 0.186. The van der Waals surface area contributed by atoms with Crippen LogP contribution in [0.15, 0.2) is 24.5 Å². The van der Waals surface area contributed by atoms with E-state index in [0.29, 0.717) is 0 Å². The molecule has 0 radical (unpaired) electrons. The van der Waals surface area contributed by atoms with Gasteiger partial charge in [-0.3, -0.25) is 4.90 Å². The molecule has 1 aromatic heterocycles. The predicted molar refractivity (Wildman–Crippen MR) is 66.0 cm³/mol. The summed E-state index contributed by atoms with van der Waals surface area (Å²) in [5.41, 5.74) is 1.34. The molecule has 16 heavy (non-hydrogen) atoms. The molecule has 0 amide bonds. The first-order valence-corrected chi connectivity index (χ1v) is 6.01. The molecule has 1 aliphatic heterocycles. The van der Waals surface area contributed by atoms with Crippen molar-refractivity contribution in [3.8, 4) is 0 Å². The summed E-state index contributed by atoms with van der Waals surface area (Å²) in [6, 6.07) is 0. The number of imidazole rings is 1. The second-order valence-electron chi connectivity index (χ2n) is 4.85. The highest BCUT2D eigenvalue weighted by atomic mass is 15.2. The van der Waals surface area contributed by atoms with Gasteiger partial charge in [0.1, 0.15) is 5.82 Å². The summed E-state index contributed by atoms with van der Waals surface area (Å²) in [5.74, 6) is 1.89. The molecule has 2 heterocycles. The molecule has 1 saturated heterocycles. The van der Waals surface area contributed by atoms with Crippen molar-refractivity contribution in [1.29, 1.82) is 0 Å². The van der Waals surface area contributed by atoms with Crippen molar-refractivity contribution >= 4 is 0 Å². The van der Waals surface area contributed by atoms with E-state index in [0.717, 1.165) is 18.3 Å². The van der Waals surface area contributed by atoms with Gasteiger partial charge in [0.05, 0.1) is 6.54 Å². The van der Waals surface area contributed by atoms with E-state index >= 15 is 0 Å². The standard InChI is InChI=1S/C13H21N3/c1-11(2)12-4-7-16(8-5-12)10-13-14-6-9-15(13)3/h6,9,12H,1,4-5,7-8,10H2,2-3H3. The number of nitrogens with zero attached hydrogens (tertiary/aromatic N) is 3. The first kappa shape index (κ1) is 11.4. The minimum atomic E-state index is 0.734. The monoisotopic (exact) mass is 219 g/mol. The molecular formula is C13H21N3. The van der Waals surface area contributed by atoms with E-state index in [1.165, 1.54) is 31.5 Å². The second kappa shape index (κ2) is 4.83. The molecule has 1 aliphatic rings. The van der Waals surface area contributed by atoms with Crippen LogP contribution in [0.5, 0.6) is 0 Å². The van der Waals surface area contributed by atoms with Crippen LogP contribution in [-0.2, 0) is 13.6 Å². The van der Waals surface area contributed by atoms with E-state index < -0.39 is 0 Å². The summed E-state index contributed by atoms with van der Waals surface area (Å²) in [5, 5.41) is 0. The molecule has 0 spiro atoms. The zero-order valence-corrected chi connectivity index (χ0v) is 10.3. The third kappa shape index (κ3) is 2.53. The molecule has 88 valence electrons. The van der Waals surface area contributed by atoms with E-state index in [9.17, 15) is 0 Å². The lowest BCUT2D eigenvalue weighted by Gasteiger charge is -2.31. The molecule has 0 bridgehead atoms. The van der Waals surface area contributed by atoms with Crippen LogP contribution in [0.1, 0.15) is 25.6 Å². The number of piperidine rings is 1. The third-order valence-electron chi connectivity index (χ3n) is 3.57. The highest BCUT2D eigenvalue weighted by Crippen LogP contribution is 2.23. The summed E-state index contributed by atoms with van der Waals surface area (Å²) < 4.78 is 2.10. The van der Waals surface area contributed by atoms with Gasteiger partial charge in [0.2, 0.25) is 0 Å². The van der Waals surface area contributed by atoms with Crippen LogP contribution >= 0.6 is 0 Å². The predicted octanol–water partition coefficient (Wildman–Crippen LogP) is 2.21. The summed E-state index contributed by atoms with van der Waals surface area (Å²) in [4.78, 5) is 6.86. The van der Waals surface area contributed by atoms with E-state index in [4.69, 9.17) is 0 Å². The van der Waals surface area contributed by atoms with Crippen LogP contribution in [0.4, 0.5) is 0 Å². The molecule has 0 atom stereocenters. The number of aromatic nitrogens is 2. The largest absolute Gasteiger partial charge is 0.337 e. The normalized spacial score (nSPS) is 18.9. The zero-order valence-electron chi connectivity index (χ0n) is 10.3. The first-order chi connectivity index (χ1) is 7.66. The van der Waals surface area contributed by atoms with Crippen LogP contribution in [0.25, 0.3) is 0 Å². The SMILES string of the molecule is C=C(C)C1CCN(Cc2nccn2C)CC1. The maximum Gasteiger partial charge on any atom is 0.122 e. The summed E-state index contributed by atoms with van der Waals surface area (Å²) >= 11 is 0. The van der Waals surface area contributed by atoms with Gasteiger partial charge in [0.15, 0.2) is 0 Å². The van der Waals surface area contributed by atoms with Crippen LogP contribution in [0.2, 0.25) is 0 Å². The van der Waals surface area contributed by atoms with E-state index in [1.54, 1.807) is 0 Å². The maximum absolute atomic E-state index is 4.37. The van der Waals surface area contributed by atoms with Crippen molar-refractivity contribution in [3.05, 3.63) is 30.4 Å². The first-order valence-electron chi connectivity index (χ1n) is 6.01. The molecule has 1 aromatic rings. The molecule has 0 unspecified atom stereocenters. The number of hydrogen-bond acceptors (Lipinski definition) is 2. The number of rotatable bonds is 3. The van der Waals surface area contributed by atoms with E-state index in [-0.39, 0.29) is 0 Å². The molecule has 3 heteroatoms. The summed E-state index contributed by atoms with van der Waals surface area (Å²) in [6.07, 6.45) is 6.38. The quantitative estimate of drug-likeness (QED) is 0.727. The zero-order chi connectivity index (χ0) is 11.5. The summed E-state index contributed by atoms with van der Waals surface area (Å²) in [6.45, 7) is 9.53. The Morgan fingerprint density at radius 3 is 2.69 bits per heavy atom. The molecule has 0 N–H and O–H groups in total. The van der Waals surface area contributed by atoms with E-state index in [2.05, 4.69) is 35.0 Å². The third-order valence-corrected chi connectivity index (χ3v) is 3.57. The molecule has 0 aromatic carbocycles. The second-order valence-corrected chi connectivity index (χ2v) is 4.85.